The predicted octanol–water partition coefficient (Wildman–Crippen LogP) is 5.18. The number of ketones is 1. The summed E-state index contributed by atoms with van der Waals surface area (Å²) in [5, 5.41) is 12.8. The number of Topliss-reactive ketones (excluding diaryl/α,β-unsaturated/α-hetero) is 1. The number of nitrogens with zero attached hydrogens (tertiary/aromatic N) is 1. The number of thiophene rings is 1. The Morgan fingerprint density at radius 2 is 1.75 bits per heavy atom. The Kier molecular flexibility index (Phi) is 5.03. The number of hydrogen-bond acceptors (Lipinski definition) is 4. The van der Waals surface area contributed by atoms with Crippen molar-refractivity contribution < 1.29 is 14.7 Å². The van der Waals surface area contributed by atoms with Crippen molar-refractivity contribution in [1.29, 1.82) is 0 Å². The highest BCUT2D eigenvalue weighted by Crippen LogP contribution is 2.42. The molecule has 0 aliphatic carbocycles. The van der Waals surface area contributed by atoms with Gasteiger partial charge in [-0.05, 0) is 28.6 Å². The van der Waals surface area contributed by atoms with Crippen LogP contribution >= 0.6 is 22.9 Å². The maximum absolute atomic E-state index is 13.1. The van der Waals surface area contributed by atoms with Crippen molar-refractivity contribution in [1.82, 2.24) is 4.90 Å². The van der Waals surface area contributed by atoms with E-state index in [0.29, 0.717) is 15.5 Å². The Balaban J connectivity index is 1.82. The maximum atomic E-state index is 13.1. The van der Waals surface area contributed by atoms with E-state index in [0.717, 1.165) is 5.56 Å². The zero-order valence-electron chi connectivity index (χ0n) is 14.7. The molecule has 1 aliphatic heterocycles. The summed E-state index contributed by atoms with van der Waals surface area (Å²) in [6, 6.07) is 19.2. The molecule has 0 spiro atoms. The van der Waals surface area contributed by atoms with Crippen LogP contribution in [0.2, 0.25) is 5.02 Å². The van der Waals surface area contributed by atoms with Gasteiger partial charge in [0, 0.05) is 11.6 Å². The first-order valence-electron chi connectivity index (χ1n) is 8.68. The van der Waals surface area contributed by atoms with Gasteiger partial charge in [-0.3, -0.25) is 9.59 Å². The first kappa shape index (κ1) is 18.5. The molecular weight excluding hydrogens is 394 g/mol. The van der Waals surface area contributed by atoms with E-state index in [-0.39, 0.29) is 17.9 Å². The molecule has 4 rings (SSSR count). The lowest BCUT2D eigenvalue weighted by Crippen LogP contribution is -2.30. The van der Waals surface area contributed by atoms with Crippen LogP contribution in [0.4, 0.5) is 0 Å². The summed E-state index contributed by atoms with van der Waals surface area (Å²) < 4.78 is 0. The highest BCUT2D eigenvalue weighted by molar-refractivity contribution is 7.12. The Labute approximate surface area is 171 Å². The fourth-order valence-corrected chi connectivity index (χ4v) is 4.31. The van der Waals surface area contributed by atoms with Gasteiger partial charge in [-0.2, -0.15) is 0 Å². The van der Waals surface area contributed by atoms with Gasteiger partial charge >= 0.3 is 0 Å². The summed E-state index contributed by atoms with van der Waals surface area (Å²) in [4.78, 5) is 28.0. The number of rotatable bonds is 5. The van der Waals surface area contributed by atoms with Gasteiger partial charge < -0.3 is 10.0 Å². The van der Waals surface area contributed by atoms with Crippen LogP contribution < -0.4 is 0 Å². The van der Waals surface area contributed by atoms with Gasteiger partial charge in [0.15, 0.2) is 5.76 Å². The van der Waals surface area contributed by atoms with E-state index in [2.05, 4.69) is 0 Å². The van der Waals surface area contributed by atoms with Crippen molar-refractivity contribution in [2.45, 2.75) is 12.6 Å². The number of hydrogen-bond donors (Lipinski definition) is 1. The van der Waals surface area contributed by atoms with Gasteiger partial charge in [0.25, 0.3) is 5.91 Å². The Morgan fingerprint density at radius 3 is 2.43 bits per heavy atom. The third-order valence-corrected chi connectivity index (χ3v) is 5.90. The molecule has 3 aromatic rings. The highest BCUT2D eigenvalue weighted by atomic mass is 35.5. The van der Waals surface area contributed by atoms with Crippen molar-refractivity contribution >= 4 is 34.6 Å². The highest BCUT2D eigenvalue weighted by Gasteiger charge is 2.44. The standard InChI is InChI=1S/C22H16ClNO3S/c23-16-10-5-4-9-15(16)19-18(20(25)17-11-6-12-28-17)21(26)22(27)24(19)13-14-7-2-1-3-8-14/h1-12,19,26H,13H2. The Hall–Kier alpha value is -2.89. The molecule has 6 heteroatoms. The SMILES string of the molecule is O=C(C1=C(O)C(=O)N(Cc2ccccc2)C1c1ccccc1Cl)c1cccs1. The summed E-state index contributed by atoms with van der Waals surface area (Å²) >= 11 is 7.68. The smallest absolute Gasteiger partial charge is 0.290 e. The van der Waals surface area contributed by atoms with E-state index < -0.39 is 17.7 Å². The van der Waals surface area contributed by atoms with Crippen molar-refractivity contribution in [3.05, 3.63) is 104 Å². The monoisotopic (exact) mass is 409 g/mol. The van der Waals surface area contributed by atoms with Gasteiger partial charge in [0.2, 0.25) is 5.78 Å². The summed E-state index contributed by atoms with van der Waals surface area (Å²) in [6.45, 7) is 0.251. The molecule has 2 heterocycles. The summed E-state index contributed by atoms with van der Waals surface area (Å²) in [7, 11) is 0. The number of aliphatic hydroxyl groups excluding tert-OH is 1. The van der Waals surface area contributed by atoms with Crippen LogP contribution in [0.25, 0.3) is 0 Å². The van der Waals surface area contributed by atoms with E-state index in [9.17, 15) is 14.7 Å². The van der Waals surface area contributed by atoms with Crippen LogP contribution in [0.1, 0.15) is 26.8 Å². The number of carbonyl (C=O) groups excluding carboxylic acids is 2. The summed E-state index contributed by atoms with van der Waals surface area (Å²) in [5.41, 5.74) is 1.57. The van der Waals surface area contributed by atoms with Crippen LogP contribution in [0.5, 0.6) is 0 Å². The Morgan fingerprint density at radius 1 is 1.04 bits per heavy atom. The van der Waals surface area contributed by atoms with Gasteiger partial charge in [-0.25, -0.2) is 0 Å². The topological polar surface area (TPSA) is 57.6 Å². The van der Waals surface area contributed by atoms with E-state index in [1.165, 1.54) is 16.2 Å². The van der Waals surface area contributed by atoms with E-state index in [4.69, 9.17) is 11.6 Å². The molecule has 1 unspecified atom stereocenters. The molecule has 0 bridgehead atoms. The van der Waals surface area contributed by atoms with Gasteiger partial charge in [0.1, 0.15) is 0 Å². The maximum Gasteiger partial charge on any atom is 0.290 e. The lowest BCUT2D eigenvalue weighted by Gasteiger charge is -2.27. The second kappa shape index (κ2) is 7.62. The van der Waals surface area contributed by atoms with Gasteiger partial charge in [-0.15, -0.1) is 11.3 Å². The van der Waals surface area contributed by atoms with Crippen molar-refractivity contribution in [3.63, 3.8) is 0 Å². The molecule has 28 heavy (non-hydrogen) atoms. The first-order chi connectivity index (χ1) is 13.6. The van der Waals surface area contributed by atoms with Gasteiger partial charge in [-0.1, -0.05) is 66.2 Å². The normalized spacial score (nSPS) is 16.7. The fourth-order valence-electron chi connectivity index (χ4n) is 3.39. The van der Waals surface area contributed by atoms with E-state index >= 15 is 0 Å². The Bertz CT molecular complexity index is 1060. The van der Waals surface area contributed by atoms with E-state index in [1.54, 1.807) is 41.8 Å². The lowest BCUT2D eigenvalue weighted by atomic mass is 9.95. The molecule has 0 saturated heterocycles. The quantitative estimate of drug-likeness (QED) is 0.590. The molecule has 1 atom stereocenters. The zero-order valence-corrected chi connectivity index (χ0v) is 16.3. The van der Waals surface area contributed by atoms with E-state index in [1.807, 2.05) is 30.3 Å². The second-order valence-electron chi connectivity index (χ2n) is 6.41. The van der Waals surface area contributed by atoms with Crippen LogP contribution in [-0.2, 0) is 11.3 Å². The number of aliphatic hydroxyl groups is 1. The second-order valence-corrected chi connectivity index (χ2v) is 7.77. The molecular formula is C22H16ClNO3S. The molecule has 0 fully saturated rings. The van der Waals surface area contributed by atoms with Crippen LogP contribution in [0.15, 0.2) is 83.4 Å². The van der Waals surface area contributed by atoms with Crippen LogP contribution in [0.3, 0.4) is 0 Å². The molecule has 1 amide bonds. The third-order valence-electron chi connectivity index (χ3n) is 4.69. The number of benzene rings is 2. The van der Waals surface area contributed by atoms with Crippen molar-refractivity contribution in [2.75, 3.05) is 0 Å². The molecule has 1 N–H and O–H groups in total. The molecule has 0 radical (unpaired) electrons. The molecule has 1 aromatic heterocycles. The van der Waals surface area contributed by atoms with Gasteiger partial charge in [0.05, 0.1) is 16.5 Å². The molecule has 2 aromatic carbocycles. The minimum Gasteiger partial charge on any atom is -0.503 e. The van der Waals surface area contributed by atoms with Crippen molar-refractivity contribution in [3.8, 4) is 0 Å². The number of amides is 1. The largest absolute Gasteiger partial charge is 0.503 e. The molecule has 140 valence electrons. The predicted molar refractivity (Wildman–Crippen MR) is 109 cm³/mol. The summed E-state index contributed by atoms with van der Waals surface area (Å²) in [6.07, 6.45) is 0. The first-order valence-corrected chi connectivity index (χ1v) is 9.94. The summed E-state index contributed by atoms with van der Waals surface area (Å²) in [5.74, 6) is -1.45. The minimum atomic E-state index is -0.754. The fraction of sp³-hybridized carbons (Fsp3) is 0.0909. The number of halogens is 1. The average Bonchev–Trinajstić information content (AvgIpc) is 3.32. The zero-order chi connectivity index (χ0) is 19.7. The third kappa shape index (κ3) is 3.23. The van der Waals surface area contributed by atoms with Crippen LogP contribution in [0, 0.1) is 0 Å². The lowest BCUT2D eigenvalue weighted by molar-refractivity contribution is -0.130. The van der Waals surface area contributed by atoms with Crippen LogP contribution in [-0.4, -0.2) is 21.7 Å². The molecule has 0 saturated carbocycles. The minimum absolute atomic E-state index is 0.0662. The average molecular weight is 410 g/mol. The number of carbonyl (C=O) groups is 2. The van der Waals surface area contributed by atoms with Crippen molar-refractivity contribution in [2.24, 2.45) is 0 Å². The molecule has 1 aliphatic rings. The molecule has 4 nitrogen and oxygen atoms in total.